The van der Waals surface area contributed by atoms with Gasteiger partial charge in [-0.15, -0.1) is 0 Å². The molecule has 0 aromatic heterocycles. The molecule has 4 aromatic carbocycles. The molecule has 0 saturated heterocycles. The topological polar surface area (TPSA) is 163 Å². The van der Waals surface area contributed by atoms with Crippen molar-refractivity contribution in [2.24, 2.45) is 0 Å². The fourth-order valence-electron chi connectivity index (χ4n) is 7.24. The van der Waals surface area contributed by atoms with Crippen molar-refractivity contribution in [1.82, 2.24) is 0 Å². The summed E-state index contributed by atoms with van der Waals surface area (Å²) >= 11 is 0. The molecule has 0 saturated carbocycles. The Balaban J connectivity index is 0.000000208. The number of hydrogen-bond donors (Lipinski definition) is 2. The van der Waals surface area contributed by atoms with E-state index in [0.717, 1.165) is 65.7 Å². The molecule has 12 heteroatoms. The second-order valence-electron chi connectivity index (χ2n) is 13.7. The van der Waals surface area contributed by atoms with Gasteiger partial charge in [-0.1, -0.05) is 47.5 Å². The van der Waals surface area contributed by atoms with Gasteiger partial charge in [0.25, 0.3) is 11.4 Å². The summed E-state index contributed by atoms with van der Waals surface area (Å²) in [6.07, 6.45) is 5.03. The summed E-state index contributed by atoms with van der Waals surface area (Å²) in [5.74, 6) is -0.878. The predicted octanol–water partition coefficient (Wildman–Crippen LogP) is 9.00. The molecular weight excluding hydrogens is 688 g/mol. The van der Waals surface area contributed by atoms with E-state index in [1.54, 1.807) is 26.0 Å². The molecule has 0 amide bonds. The van der Waals surface area contributed by atoms with Crippen LogP contribution in [0.5, 0.6) is 0 Å². The maximum absolute atomic E-state index is 11.8. The number of ether oxygens (including phenoxy) is 2. The van der Waals surface area contributed by atoms with Gasteiger partial charge in [0.15, 0.2) is 0 Å². The third kappa shape index (κ3) is 10.00. The van der Waals surface area contributed by atoms with Gasteiger partial charge >= 0.3 is 11.9 Å². The number of fused-ring (bicyclic) bond motifs is 2. The van der Waals surface area contributed by atoms with E-state index in [2.05, 4.69) is 10.6 Å². The van der Waals surface area contributed by atoms with Crippen LogP contribution in [0.4, 0.5) is 22.7 Å². The molecule has 0 fully saturated rings. The van der Waals surface area contributed by atoms with Crippen molar-refractivity contribution >= 4 is 34.7 Å². The van der Waals surface area contributed by atoms with Gasteiger partial charge in [0, 0.05) is 34.1 Å². The van der Waals surface area contributed by atoms with Gasteiger partial charge in [0.2, 0.25) is 0 Å². The number of anilines is 2. The predicted molar refractivity (Wildman–Crippen MR) is 208 cm³/mol. The lowest BCUT2D eigenvalue weighted by Crippen LogP contribution is -2.20. The summed E-state index contributed by atoms with van der Waals surface area (Å²) in [5.41, 5.74) is 8.95. The van der Waals surface area contributed by atoms with Crippen LogP contribution in [-0.2, 0) is 44.7 Å². The van der Waals surface area contributed by atoms with E-state index in [9.17, 15) is 29.8 Å². The molecule has 2 aliphatic carbocycles. The molecule has 2 unspecified atom stereocenters. The Bertz CT molecular complexity index is 1910. The van der Waals surface area contributed by atoms with Crippen molar-refractivity contribution in [2.45, 2.75) is 91.1 Å². The first-order valence-electron chi connectivity index (χ1n) is 18.5. The Morgan fingerprint density at radius 1 is 0.685 bits per heavy atom. The first-order chi connectivity index (χ1) is 26.0. The largest absolute Gasteiger partial charge is 0.466 e. The average Bonchev–Trinajstić information content (AvgIpc) is 3.13. The fourth-order valence-corrected chi connectivity index (χ4v) is 7.24. The molecule has 0 heterocycles. The Morgan fingerprint density at radius 2 is 1.20 bits per heavy atom. The number of esters is 2. The number of nitro groups is 2. The van der Waals surface area contributed by atoms with Crippen LogP contribution in [0.15, 0.2) is 72.8 Å². The molecule has 0 radical (unpaired) electrons. The molecule has 2 aliphatic rings. The number of benzene rings is 4. The van der Waals surface area contributed by atoms with Crippen LogP contribution in [0.1, 0.15) is 96.1 Å². The lowest BCUT2D eigenvalue weighted by molar-refractivity contribution is -0.386. The molecular formula is C42H48N4O8. The van der Waals surface area contributed by atoms with Crippen LogP contribution < -0.4 is 10.6 Å². The highest BCUT2D eigenvalue weighted by molar-refractivity contribution is 5.75. The Morgan fingerprint density at radius 3 is 1.72 bits per heavy atom. The standard InChI is InChI=1S/2C21H24N2O4/c1-3-27-20(24)13-15-9-12-17-18(21(15)23(25)26)5-4-6-19(17)22-16-10-7-14(2)8-11-16;1-3-27-21(24)12-16-11-15-5-4-6-19(18(15)13-20(16)23(25)26)22-17-9-7-14(2)8-10-17/h7-12,19,22H,3-6,13H2,1-2H3;7-11,13,19,22H,3-6,12H2,1-2H3. The molecule has 2 atom stereocenters. The quantitative estimate of drug-likeness (QED) is 0.0815. The number of rotatable bonds is 12. The lowest BCUT2D eigenvalue weighted by Gasteiger charge is -2.28. The number of nitrogens with one attached hydrogen (secondary N) is 2. The van der Waals surface area contributed by atoms with Gasteiger partial charge in [-0.05, 0) is 113 Å². The van der Waals surface area contributed by atoms with Crippen molar-refractivity contribution in [2.75, 3.05) is 23.8 Å². The number of nitro benzene ring substituents is 2. The monoisotopic (exact) mass is 736 g/mol. The zero-order valence-electron chi connectivity index (χ0n) is 31.3. The van der Waals surface area contributed by atoms with E-state index in [0.29, 0.717) is 17.5 Å². The average molecular weight is 737 g/mol. The van der Waals surface area contributed by atoms with E-state index in [-0.39, 0.29) is 54.4 Å². The lowest BCUT2D eigenvalue weighted by atomic mass is 9.84. The van der Waals surface area contributed by atoms with Gasteiger partial charge in [-0.2, -0.15) is 0 Å². The SMILES string of the molecule is CCOC(=O)Cc1cc2c(cc1[N+](=O)[O-])C(Nc1ccc(C)cc1)CCC2.CCOC(=O)Cc1ccc2c(c1[N+](=O)[O-])CCCC2Nc1ccc(C)cc1. The summed E-state index contributed by atoms with van der Waals surface area (Å²) in [4.78, 5) is 46.2. The van der Waals surface area contributed by atoms with E-state index in [1.165, 1.54) is 11.1 Å². The molecule has 284 valence electrons. The maximum Gasteiger partial charge on any atom is 0.310 e. The zero-order valence-corrected chi connectivity index (χ0v) is 31.3. The number of carbonyl (C=O) groups is 2. The minimum Gasteiger partial charge on any atom is -0.466 e. The van der Waals surface area contributed by atoms with E-state index >= 15 is 0 Å². The molecule has 0 aliphatic heterocycles. The number of nitrogens with zero attached hydrogens (tertiary/aromatic N) is 2. The summed E-state index contributed by atoms with van der Waals surface area (Å²) in [5, 5.41) is 30.3. The number of carbonyl (C=O) groups excluding carboxylic acids is 2. The normalized spacial score (nSPS) is 15.7. The Kier molecular flexibility index (Phi) is 13.4. The molecule has 0 spiro atoms. The van der Waals surface area contributed by atoms with Crippen LogP contribution >= 0.6 is 0 Å². The van der Waals surface area contributed by atoms with Crippen molar-refractivity contribution in [3.63, 3.8) is 0 Å². The smallest absolute Gasteiger partial charge is 0.310 e. The summed E-state index contributed by atoms with van der Waals surface area (Å²) < 4.78 is 9.92. The summed E-state index contributed by atoms with van der Waals surface area (Å²) in [6.45, 7) is 8.05. The number of hydrogen-bond acceptors (Lipinski definition) is 10. The van der Waals surface area contributed by atoms with Gasteiger partial charge in [0.1, 0.15) is 0 Å². The van der Waals surface area contributed by atoms with Crippen molar-refractivity contribution in [3.05, 3.63) is 138 Å². The van der Waals surface area contributed by atoms with Crippen LogP contribution in [0.25, 0.3) is 0 Å². The summed E-state index contributed by atoms with van der Waals surface area (Å²) in [6, 6.07) is 23.3. The zero-order chi connectivity index (χ0) is 38.8. The molecule has 6 rings (SSSR count). The molecule has 0 bridgehead atoms. The highest BCUT2D eigenvalue weighted by Crippen LogP contribution is 2.40. The molecule has 12 nitrogen and oxygen atoms in total. The minimum absolute atomic E-state index is 0.0144. The fraction of sp³-hybridized carbons (Fsp3) is 0.381. The van der Waals surface area contributed by atoms with E-state index in [1.807, 2.05) is 74.5 Å². The van der Waals surface area contributed by atoms with Crippen LogP contribution in [-0.4, -0.2) is 35.0 Å². The minimum atomic E-state index is -0.439. The second-order valence-corrected chi connectivity index (χ2v) is 13.7. The van der Waals surface area contributed by atoms with Gasteiger partial charge in [-0.3, -0.25) is 29.8 Å². The first-order valence-corrected chi connectivity index (χ1v) is 18.5. The maximum atomic E-state index is 11.8. The Labute approximate surface area is 315 Å². The third-order valence-electron chi connectivity index (χ3n) is 9.80. The van der Waals surface area contributed by atoms with Gasteiger partial charge in [-0.25, -0.2) is 0 Å². The third-order valence-corrected chi connectivity index (χ3v) is 9.80. The van der Waals surface area contributed by atoms with Crippen LogP contribution in [0, 0.1) is 34.1 Å². The highest BCUT2D eigenvalue weighted by atomic mass is 16.6. The molecule has 4 aromatic rings. The molecule has 54 heavy (non-hydrogen) atoms. The Hall–Kier alpha value is -5.78. The van der Waals surface area contributed by atoms with Gasteiger partial charge < -0.3 is 20.1 Å². The van der Waals surface area contributed by atoms with Crippen molar-refractivity contribution in [3.8, 4) is 0 Å². The van der Waals surface area contributed by atoms with Crippen molar-refractivity contribution in [1.29, 1.82) is 0 Å². The van der Waals surface area contributed by atoms with E-state index < -0.39 is 16.9 Å². The van der Waals surface area contributed by atoms with E-state index in [4.69, 9.17) is 9.47 Å². The van der Waals surface area contributed by atoms with Gasteiger partial charge in [0.05, 0.1) is 48.0 Å². The second kappa shape index (κ2) is 18.3. The first kappa shape index (κ1) is 39.4. The van der Waals surface area contributed by atoms with Crippen molar-refractivity contribution < 1.29 is 28.9 Å². The highest BCUT2D eigenvalue weighted by Gasteiger charge is 2.31. The molecule has 2 N–H and O–H groups in total. The van der Waals surface area contributed by atoms with Crippen LogP contribution in [0.2, 0.25) is 0 Å². The number of aryl methyl sites for hydroxylation is 3. The summed E-state index contributed by atoms with van der Waals surface area (Å²) in [7, 11) is 0. The van der Waals surface area contributed by atoms with Crippen LogP contribution in [0.3, 0.4) is 0 Å².